The van der Waals surface area contributed by atoms with Crippen LogP contribution in [0.5, 0.6) is 0 Å². The molecular formula is C20H30ClN3O2. The van der Waals surface area contributed by atoms with Crippen LogP contribution in [0.15, 0.2) is 24.3 Å². The third-order valence-electron chi connectivity index (χ3n) is 5.65. The molecule has 0 spiro atoms. The van der Waals surface area contributed by atoms with Crippen molar-refractivity contribution in [2.45, 2.75) is 51.5 Å². The van der Waals surface area contributed by atoms with Crippen LogP contribution in [-0.2, 0) is 4.79 Å². The number of hydrogen-bond acceptors (Lipinski definition) is 3. The molecule has 0 aromatic heterocycles. The van der Waals surface area contributed by atoms with Gasteiger partial charge in [0.25, 0.3) is 5.91 Å². The summed E-state index contributed by atoms with van der Waals surface area (Å²) in [6.07, 6.45) is 7.00. The summed E-state index contributed by atoms with van der Waals surface area (Å²) >= 11 is 0. The topological polar surface area (TPSA) is 84.2 Å². The summed E-state index contributed by atoms with van der Waals surface area (Å²) in [5, 5.41) is 6.01. The van der Waals surface area contributed by atoms with Crippen LogP contribution in [-0.4, -0.2) is 24.4 Å². The molecule has 2 aliphatic rings. The van der Waals surface area contributed by atoms with Gasteiger partial charge in [0.15, 0.2) is 0 Å². The second kappa shape index (κ2) is 9.38. The van der Waals surface area contributed by atoms with E-state index >= 15 is 0 Å². The molecule has 0 saturated heterocycles. The zero-order valence-corrected chi connectivity index (χ0v) is 16.2. The van der Waals surface area contributed by atoms with E-state index in [9.17, 15) is 9.59 Å². The average Bonchev–Trinajstić information content (AvgIpc) is 3.38. The molecule has 5 nitrogen and oxygen atoms in total. The maximum absolute atomic E-state index is 12.5. The summed E-state index contributed by atoms with van der Waals surface area (Å²) in [5.74, 6) is 1.10. The standard InChI is InChI=1S/C20H29N3O2.ClH/c1-13-11-17(13)20(25)22-16-9-7-15(8-10-16)19(24)23-18(12-21)14-5-3-2-4-6-14;/h7-10,13-14,17-18H,2-6,11-12,21H2,1H3,(H,22,25)(H,23,24);1H. The van der Waals surface area contributed by atoms with Crippen LogP contribution in [0.3, 0.4) is 0 Å². The highest BCUT2D eigenvalue weighted by molar-refractivity contribution is 5.97. The van der Waals surface area contributed by atoms with Crippen molar-refractivity contribution in [1.82, 2.24) is 5.32 Å². The lowest BCUT2D eigenvalue weighted by Gasteiger charge is -2.30. The average molecular weight is 380 g/mol. The molecule has 1 aromatic rings. The van der Waals surface area contributed by atoms with Crippen LogP contribution < -0.4 is 16.4 Å². The Balaban J connectivity index is 0.00000243. The fourth-order valence-corrected chi connectivity index (χ4v) is 3.78. The summed E-state index contributed by atoms with van der Waals surface area (Å²) in [6.45, 7) is 2.56. The minimum absolute atomic E-state index is 0. The molecule has 1 aromatic carbocycles. The van der Waals surface area contributed by atoms with E-state index in [0.29, 0.717) is 23.9 Å². The minimum atomic E-state index is -0.0882. The van der Waals surface area contributed by atoms with Crippen molar-refractivity contribution in [3.8, 4) is 0 Å². The van der Waals surface area contributed by atoms with Gasteiger partial charge in [-0.3, -0.25) is 9.59 Å². The van der Waals surface area contributed by atoms with Crippen LogP contribution in [0.4, 0.5) is 5.69 Å². The molecule has 0 bridgehead atoms. The van der Waals surface area contributed by atoms with Gasteiger partial charge in [-0.15, -0.1) is 12.4 Å². The largest absolute Gasteiger partial charge is 0.348 e. The van der Waals surface area contributed by atoms with Crippen LogP contribution in [0.1, 0.15) is 55.8 Å². The molecule has 2 aliphatic carbocycles. The second-order valence-corrected chi connectivity index (χ2v) is 7.60. The summed E-state index contributed by atoms with van der Waals surface area (Å²) in [6, 6.07) is 7.14. The van der Waals surface area contributed by atoms with E-state index in [1.165, 1.54) is 19.3 Å². The van der Waals surface area contributed by atoms with Crippen molar-refractivity contribution in [3.05, 3.63) is 29.8 Å². The molecule has 0 aliphatic heterocycles. The Morgan fingerprint density at radius 1 is 1.15 bits per heavy atom. The normalized spacial score (nSPS) is 23.5. The van der Waals surface area contributed by atoms with Crippen LogP contribution >= 0.6 is 12.4 Å². The molecule has 4 N–H and O–H groups in total. The summed E-state index contributed by atoms with van der Waals surface area (Å²) in [7, 11) is 0. The van der Waals surface area contributed by atoms with Crippen molar-refractivity contribution >= 4 is 29.9 Å². The zero-order chi connectivity index (χ0) is 17.8. The lowest BCUT2D eigenvalue weighted by molar-refractivity contribution is -0.117. The number of rotatable bonds is 6. The molecular weight excluding hydrogens is 350 g/mol. The lowest BCUT2D eigenvalue weighted by atomic mass is 9.84. The molecule has 0 heterocycles. The maximum Gasteiger partial charge on any atom is 0.251 e. The number of carbonyl (C=O) groups excluding carboxylic acids is 2. The zero-order valence-electron chi connectivity index (χ0n) is 15.4. The third-order valence-corrected chi connectivity index (χ3v) is 5.65. The molecule has 2 saturated carbocycles. The number of benzene rings is 1. The lowest BCUT2D eigenvalue weighted by Crippen LogP contribution is -2.45. The number of halogens is 1. The Morgan fingerprint density at radius 2 is 1.77 bits per heavy atom. The van der Waals surface area contributed by atoms with E-state index in [2.05, 4.69) is 17.6 Å². The van der Waals surface area contributed by atoms with Gasteiger partial charge in [0.1, 0.15) is 0 Å². The second-order valence-electron chi connectivity index (χ2n) is 7.60. The first-order chi connectivity index (χ1) is 12.1. The molecule has 144 valence electrons. The summed E-state index contributed by atoms with van der Waals surface area (Å²) in [5.41, 5.74) is 7.24. The van der Waals surface area contributed by atoms with Crippen molar-refractivity contribution in [2.24, 2.45) is 23.5 Å². The Hall–Kier alpha value is -1.59. The highest BCUT2D eigenvalue weighted by atomic mass is 35.5. The highest BCUT2D eigenvalue weighted by Gasteiger charge is 2.39. The van der Waals surface area contributed by atoms with Crippen LogP contribution in [0.25, 0.3) is 0 Å². The minimum Gasteiger partial charge on any atom is -0.348 e. The van der Waals surface area contributed by atoms with E-state index < -0.39 is 0 Å². The maximum atomic E-state index is 12.5. The smallest absolute Gasteiger partial charge is 0.251 e. The fourth-order valence-electron chi connectivity index (χ4n) is 3.78. The Labute approximate surface area is 161 Å². The summed E-state index contributed by atoms with van der Waals surface area (Å²) < 4.78 is 0. The van der Waals surface area contributed by atoms with Crippen LogP contribution in [0, 0.1) is 17.8 Å². The molecule has 2 amide bonds. The number of anilines is 1. The summed E-state index contributed by atoms with van der Waals surface area (Å²) in [4.78, 5) is 24.5. The predicted molar refractivity (Wildman–Crippen MR) is 106 cm³/mol. The third kappa shape index (κ3) is 5.21. The van der Waals surface area contributed by atoms with Gasteiger partial charge in [0.05, 0.1) is 0 Å². The molecule has 3 unspecified atom stereocenters. The first kappa shape index (κ1) is 20.7. The van der Waals surface area contributed by atoms with Gasteiger partial charge in [0, 0.05) is 29.8 Å². The molecule has 3 rings (SSSR count). The van der Waals surface area contributed by atoms with E-state index in [1.54, 1.807) is 24.3 Å². The molecule has 3 atom stereocenters. The van der Waals surface area contributed by atoms with Gasteiger partial charge >= 0.3 is 0 Å². The number of carbonyl (C=O) groups is 2. The first-order valence-corrected chi connectivity index (χ1v) is 9.50. The Kier molecular flexibility index (Phi) is 7.47. The Bertz CT molecular complexity index is 614. The van der Waals surface area contributed by atoms with Gasteiger partial charge in [-0.2, -0.15) is 0 Å². The van der Waals surface area contributed by atoms with Crippen molar-refractivity contribution in [3.63, 3.8) is 0 Å². The monoisotopic (exact) mass is 379 g/mol. The fraction of sp³-hybridized carbons (Fsp3) is 0.600. The van der Waals surface area contributed by atoms with Gasteiger partial charge in [0.2, 0.25) is 5.91 Å². The SMILES string of the molecule is CC1CC1C(=O)Nc1ccc(C(=O)NC(CN)C2CCCCC2)cc1.Cl. The van der Waals surface area contributed by atoms with Crippen molar-refractivity contribution in [1.29, 1.82) is 0 Å². The van der Waals surface area contributed by atoms with E-state index in [0.717, 1.165) is 24.9 Å². The Morgan fingerprint density at radius 3 is 2.31 bits per heavy atom. The number of nitrogens with two attached hydrogens (primary N) is 1. The number of amides is 2. The molecule has 0 radical (unpaired) electrons. The quantitative estimate of drug-likeness (QED) is 0.708. The van der Waals surface area contributed by atoms with Crippen LogP contribution in [0.2, 0.25) is 0 Å². The van der Waals surface area contributed by atoms with Gasteiger partial charge < -0.3 is 16.4 Å². The molecule has 6 heteroatoms. The van der Waals surface area contributed by atoms with Gasteiger partial charge in [-0.25, -0.2) is 0 Å². The molecule has 26 heavy (non-hydrogen) atoms. The van der Waals surface area contributed by atoms with Crippen molar-refractivity contribution in [2.75, 3.05) is 11.9 Å². The predicted octanol–water partition coefficient (Wildman–Crippen LogP) is 3.34. The van der Waals surface area contributed by atoms with Gasteiger partial charge in [-0.05, 0) is 55.4 Å². The number of nitrogens with one attached hydrogen (secondary N) is 2. The van der Waals surface area contributed by atoms with E-state index in [1.807, 2.05) is 0 Å². The highest BCUT2D eigenvalue weighted by Crippen LogP contribution is 2.38. The van der Waals surface area contributed by atoms with Gasteiger partial charge in [-0.1, -0.05) is 26.2 Å². The van der Waals surface area contributed by atoms with Crippen molar-refractivity contribution < 1.29 is 9.59 Å². The van der Waals surface area contributed by atoms with E-state index in [-0.39, 0.29) is 36.2 Å². The number of hydrogen-bond donors (Lipinski definition) is 3. The first-order valence-electron chi connectivity index (χ1n) is 9.50. The molecule has 2 fully saturated rings. The van der Waals surface area contributed by atoms with E-state index in [4.69, 9.17) is 5.73 Å².